The number of aliphatic hydroxyl groups excluding tert-OH is 1. The van der Waals surface area contributed by atoms with E-state index in [1.807, 2.05) is 18.7 Å². The van der Waals surface area contributed by atoms with Crippen LogP contribution < -0.4 is 5.32 Å². The van der Waals surface area contributed by atoms with Gasteiger partial charge < -0.3 is 20.1 Å². The van der Waals surface area contributed by atoms with Gasteiger partial charge >= 0.3 is 0 Å². The summed E-state index contributed by atoms with van der Waals surface area (Å²) in [6.07, 6.45) is 0.696. The molecule has 116 valence electrons. The van der Waals surface area contributed by atoms with E-state index in [1.54, 1.807) is 0 Å². The molecule has 20 heavy (non-hydrogen) atoms. The summed E-state index contributed by atoms with van der Waals surface area (Å²) in [5.41, 5.74) is 0. The van der Waals surface area contributed by atoms with Crippen molar-refractivity contribution >= 4 is 11.8 Å². The maximum absolute atomic E-state index is 12.0. The summed E-state index contributed by atoms with van der Waals surface area (Å²) in [6, 6.07) is 0. The Morgan fingerprint density at radius 1 is 1.35 bits per heavy atom. The Morgan fingerprint density at radius 2 is 1.95 bits per heavy atom. The minimum Gasteiger partial charge on any atom is -0.389 e. The van der Waals surface area contributed by atoms with Gasteiger partial charge in [0.2, 0.25) is 11.8 Å². The highest BCUT2D eigenvalue weighted by Crippen LogP contribution is 2.18. The number of nitrogens with zero attached hydrogens (tertiary/aromatic N) is 1. The topological polar surface area (TPSA) is 78.9 Å². The van der Waals surface area contributed by atoms with Crippen LogP contribution in [-0.4, -0.2) is 61.3 Å². The first kappa shape index (κ1) is 16.9. The van der Waals surface area contributed by atoms with Crippen molar-refractivity contribution in [3.8, 4) is 0 Å². The molecular formula is C14H26N2O4. The predicted molar refractivity (Wildman–Crippen MR) is 75.0 cm³/mol. The molecule has 0 radical (unpaired) electrons. The van der Waals surface area contributed by atoms with E-state index in [-0.39, 0.29) is 36.8 Å². The van der Waals surface area contributed by atoms with Gasteiger partial charge in [0.25, 0.3) is 0 Å². The molecule has 0 saturated carbocycles. The van der Waals surface area contributed by atoms with Crippen molar-refractivity contribution in [3.05, 3.63) is 0 Å². The van der Waals surface area contributed by atoms with Gasteiger partial charge in [-0.2, -0.15) is 0 Å². The molecule has 0 aromatic rings. The molecule has 6 heteroatoms. The Bertz CT molecular complexity index is 325. The zero-order valence-corrected chi connectivity index (χ0v) is 12.6. The third-order valence-electron chi connectivity index (χ3n) is 3.54. The van der Waals surface area contributed by atoms with E-state index in [4.69, 9.17) is 4.74 Å². The average Bonchev–Trinajstić information content (AvgIpc) is 2.44. The van der Waals surface area contributed by atoms with Crippen LogP contribution in [-0.2, 0) is 14.3 Å². The Kier molecular flexibility index (Phi) is 6.95. The van der Waals surface area contributed by atoms with E-state index < -0.39 is 6.10 Å². The lowest BCUT2D eigenvalue weighted by molar-refractivity contribution is -0.138. The van der Waals surface area contributed by atoms with Gasteiger partial charge in [0.15, 0.2) is 0 Å². The van der Waals surface area contributed by atoms with Crippen molar-refractivity contribution < 1.29 is 19.4 Å². The van der Waals surface area contributed by atoms with Gasteiger partial charge in [-0.15, -0.1) is 0 Å². The highest BCUT2D eigenvalue weighted by Gasteiger charge is 2.28. The highest BCUT2D eigenvalue weighted by molar-refractivity contribution is 5.80. The van der Waals surface area contributed by atoms with E-state index in [1.165, 1.54) is 7.11 Å². The van der Waals surface area contributed by atoms with E-state index in [0.29, 0.717) is 25.9 Å². The van der Waals surface area contributed by atoms with Crippen molar-refractivity contribution in [2.75, 3.05) is 33.4 Å². The number of likely N-dealkylation sites (tertiary alicyclic amines) is 1. The molecule has 2 amide bonds. The summed E-state index contributed by atoms with van der Waals surface area (Å²) in [7, 11) is 1.51. The van der Waals surface area contributed by atoms with Crippen LogP contribution in [0.5, 0.6) is 0 Å². The smallest absolute Gasteiger partial charge is 0.225 e. The molecule has 1 unspecified atom stereocenters. The summed E-state index contributed by atoms with van der Waals surface area (Å²) in [5.74, 6) is 0.0432. The Hall–Kier alpha value is -1.14. The number of hydrogen-bond acceptors (Lipinski definition) is 4. The Balaban J connectivity index is 2.30. The largest absolute Gasteiger partial charge is 0.389 e. The first-order valence-corrected chi connectivity index (χ1v) is 7.19. The van der Waals surface area contributed by atoms with Crippen LogP contribution >= 0.6 is 0 Å². The molecule has 1 aliphatic rings. The maximum Gasteiger partial charge on any atom is 0.225 e. The molecule has 0 aromatic heterocycles. The second-order valence-electron chi connectivity index (χ2n) is 5.61. The monoisotopic (exact) mass is 286 g/mol. The van der Waals surface area contributed by atoms with Crippen molar-refractivity contribution in [1.29, 1.82) is 0 Å². The molecule has 0 aromatic carbocycles. The molecule has 1 heterocycles. The van der Waals surface area contributed by atoms with Gasteiger partial charge in [0.05, 0.1) is 12.7 Å². The number of nitrogens with one attached hydrogen (secondary N) is 1. The fraction of sp³-hybridized carbons (Fsp3) is 0.857. The molecule has 2 N–H and O–H groups in total. The number of amides is 2. The number of ether oxygens (including phenoxy) is 1. The summed E-state index contributed by atoms with van der Waals surface area (Å²) in [4.78, 5) is 25.6. The lowest BCUT2D eigenvalue weighted by Gasteiger charge is -2.32. The molecule has 1 fully saturated rings. The number of carbonyl (C=O) groups excluding carboxylic acids is 2. The van der Waals surface area contributed by atoms with E-state index in [9.17, 15) is 14.7 Å². The first-order valence-electron chi connectivity index (χ1n) is 7.19. The van der Waals surface area contributed by atoms with E-state index in [0.717, 1.165) is 0 Å². The van der Waals surface area contributed by atoms with Gasteiger partial charge in [-0.3, -0.25) is 9.59 Å². The molecule has 6 nitrogen and oxygen atoms in total. The van der Waals surface area contributed by atoms with Gasteiger partial charge in [-0.05, 0) is 12.8 Å². The van der Waals surface area contributed by atoms with Crippen molar-refractivity contribution in [2.24, 2.45) is 11.8 Å². The number of rotatable bonds is 6. The maximum atomic E-state index is 12.0. The standard InChI is InChI=1S/C14H26N2O4/c1-10(2)14(19)16-6-4-11(5-7-16)13(18)15-8-12(17)9-20-3/h10-12,17H,4-9H2,1-3H3,(H,15,18). The average molecular weight is 286 g/mol. The Morgan fingerprint density at radius 3 is 2.45 bits per heavy atom. The van der Waals surface area contributed by atoms with Crippen LogP contribution in [0.15, 0.2) is 0 Å². The molecule has 1 saturated heterocycles. The number of carbonyl (C=O) groups is 2. The molecule has 1 atom stereocenters. The second-order valence-corrected chi connectivity index (χ2v) is 5.61. The SMILES string of the molecule is COCC(O)CNC(=O)C1CCN(C(=O)C(C)C)CC1. The zero-order valence-electron chi connectivity index (χ0n) is 12.6. The third-order valence-corrected chi connectivity index (χ3v) is 3.54. The van der Waals surface area contributed by atoms with Crippen molar-refractivity contribution in [3.63, 3.8) is 0 Å². The van der Waals surface area contributed by atoms with Crippen LogP contribution in [0, 0.1) is 11.8 Å². The molecule has 0 bridgehead atoms. The number of hydrogen-bond donors (Lipinski definition) is 2. The van der Waals surface area contributed by atoms with E-state index >= 15 is 0 Å². The molecule has 1 rings (SSSR count). The van der Waals surface area contributed by atoms with Crippen LogP contribution in [0.1, 0.15) is 26.7 Å². The van der Waals surface area contributed by atoms with E-state index in [2.05, 4.69) is 5.32 Å². The van der Waals surface area contributed by atoms with Gasteiger partial charge in [0, 0.05) is 38.6 Å². The number of aliphatic hydroxyl groups is 1. The summed E-state index contributed by atoms with van der Waals surface area (Å²) in [6.45, 7) is 5.46. The zero-order chi connectivity index (χ0) is 15.1. The number of piperidine rings is 1. The minimum absolute atomic E-state index is 0.00423. The minimum atomic E-state index is -0.674. The quantitative estimate of drug-likeness (QED) is 0.720. The lowest BCUT2D eigenvalue weighted by Crippen LogP contribution is -2.45. The lowest BCUT2D eigenvalue weighted by atomic mass is 9.95. The highest BCUT2D eigenvalue weighted by atomic mass is 16.5. The van der Waals surface area contributed by atoms with Crippen LogP contribution in [0.4, 0.5) is 0 Å². The van der Waals surface area contributed by atoms with Crippen molar-refractivity contribution in [1.82, 2.24) is 10.2 Å². The number of methoxy groups -OCH3 is 1. The fourth-order valence-electron chi connectivity index (χ4n) is 2.34. The van der Waals surface area contributed by atoms with Gasteiger partial charge in [-0.1, -0.05) is 13.8 Å². The fourth-order valence-corrected chi connectivity index (χ4v) is 2.34. The van der Waals surface area contributed by atoms with Crippen LogP contribution in [0.2, 0.25) is 0 Å². The summed E-state index contributed by atoms with van der Waals surface area (Å²) < 4.78 is 4.80. The first-order chi connectivity index (χ1) is 9.45. The van der Waals surface area contributed by atoms with Crippen LogP contribution in [0.25, 0.3) is 0 Å². The molecular weight excluding hydrogens is 260 g/mol. The molecule has 1 aliphatic heterocycles. The summed E-state index contributed by atoms with van der Waals surface area (Å²) >= 11 is 0. The third kappa shape index (κ3) is 5.09. The van der Waals surface area contributed by atoms with Crippen LogP contribution in [0.3, 0.4) is 0 Å². The Labute approximate surface area is 120 Å². The normalized spacial score (nSPS) is 18.1. The molecule has 0 spiro atoms. The second kappa shape index (κ2) is 8.21. The van der Waals surface area contributed by atoms with Gasteiger partial charge in [-0.25, -0.2) is 0 Å². The predicted octanol–water partition coefficient (Wildman–Crippen LogP) is 0.00450. The molecule has 0 aliphatic carbocycles. The van der Waals surface area contributed by atoms with Gasteiger partial charge in [0.1, 0.15) is 0 Å². The summed E-state index contributed by atoms with van der Waals surface area (Å²) in [5, 5.41) is 12.2. The van der Waals surface area contributed by atoms with Crippen molar-refractivity contribution in [2.45, 2.75) is 32.8 Å².